The maximum atomic E-state index is 14.8. The molecule has 4 rings (SSSR count). The van der Waals surface area contributed by atoms with Crippen LogP contribution in [-0.4, -0.2) is 53.9 Å². The topological polar surface area (TPSA) is 113 Å². The minimum Gasteiger partial charge on any atom is -0.465 e. The van der Waals surface area contributed by atoms with Crippen LogP contribution in [0.1, 0.15) is 35.4 Å². The third-order valence-electron chi connectivity index (χ3n) is 6.62. The fraction of sp³-hybridized carbons (Fsp3) is 0.321. The Morgan fingerprint density at radius 3 is 2.59 bits per heavy atom. The minimum absolute atomic E-state index is 0.153. The van der Waals surface area contributed by atoms with Gasteiger partial charge in [-0.3, -0.25) is 9.78 Å². The van der Waals surface area contributed by atoms with Crippen molar-refractivity contribution in [1.29, 1.82) is 0 Å². The molecule has 0 bridgehead atoms. The Morgan fingerprint density at radius 1 is 1.10 bits per heavy atom. The molecular weight excluding hydrogens is 513 g/mol. The molecule has 2 amide bonds. The van der Waals surface area contributed by atoms with E-state index in [-0.39, 0.29) is 37.1 Å². The van der Waals surface area contributed by atoms with E-state index in [0.717, 1.165) is 6.20 Å². The molecule has 11 heteroatoms. The fourth-order valence-electron chi connectivity index (χ4n) is 4.59. The van der Waals surface area contributed by atoms with Crippen molar-refractivity contribution in [2.24, 2.45) is 0 Å². The van der Waals surface area contributed by atoms with E-state index in [2.05, 4.69) is 20.9 Å². The number of ether oxygens (including phenoxy) is 1. The van der Waals surface area contributed by atoms with Gasteiger partial charge in [0.05, 0.1) is 18.9 Å². The summed E-state index contributed by atoms with van der Waals surface area (Å²) in [4.78, 5) is 27.6. The van der Waals surface area contributed by atoms with Crippen molar-refractivity contribution in [2.75, 3.05) is 25.0 Å². The molecule has 2 heterocycles. The number of carbonyl (C=O) groups is 2. The van der Waals surface area contributed by atoms with Crippen molar-refractivity contribution in [1.82, 2.24) is 15.6 Å². The first-order chi connectivity index (χ1) is 18.8. The number of hydrogen-bond acceptors (Lipinski definition) is 5. The van der Waals surface area contributed by atoms with Crippen LogP contribution in [0.3, 0.4) is 0 Å². The van der Waals surface area contributed by atoms with Crippen molar-refractivity contribution in [3.05, 3.63) is 95.1 Å². The average molecular weight is 543 g/mol. The number of pyridine rings is 1. The molecule has 206 valence electrons. The molecule has 1 aliphatic heterocycles. The van der Waals surface area contributed by atoms with E-state index < -0.39 is 35.4 Å². The first kappa shape index (κ1) is 28.1. The van der Waals surface area contributed by atoms with E-state index >= 15 is 0 Å². The van der Waals surface area contributed by atoms with Gasteiger partial charge in [-0.25, -0.2) is 18.0 Å². The highest BCUT2D eigenvalue weighted by atomic mass is 19.1. The Kier molecular flexibility index (Phi) is 9.50. The van der Waals surface area contributed by atoms with Crippen LogP contribution in [0.5, 0.6) is 0 Å². The lowest BCUT2D eigenvalue weighted by molar-refractivity contribution is -0.116. The Labute approximate surface area is 223 Å². The molecule has 2 aromatic carbocycles. The number of morpholine rings is 1. The molecule has 39 heavy (non-hydrogen) atoms. The van der Waals surface area contributed by atoms with Gasteiger partial charge in [0.25, 0.3) is 0 Å². The number of nitrogens with one attached hydrogen (secondary N) is 3. The quantitative estimate of drug-likeness (QED) is 0.305. The summed E-state index contributed by atoms with van der Waals surface area (Å²) in [6, 6.07) is 11.2. The van der Waals surface area contributed by atoms with Gasteiger partial charge in [0.15, 0.2) is 0 Å². The zero-order chi connectivity index (χ0) is 27.8. The molecular formula is C28H29F3N4O4. The molecule has 1 saturated heterocycles. The standard InChI is InChI=1S/C28H29F3N4O4/c29-18-6-4-17(5-7-18)23(21-10-11-32-15-25(21)31)12-27(36)35-26-3-1-2-24(30)22(26)9-8-20-14-33-19(16-39-20)13-34-28(37)38/h1-7,10-11,15,19-20,23,33-34H,8-9,12-14,16H2,(H,35,36)(H,37,38)/t19-,20+,23-/m0/s1. The summed E-state index contributed by atoms with van der Waals surface area (Å²) in [5.41, 5.74) is 1.41. The summed E-state index contributed by atoms with van der Waals surface area (Å²) < 4.78 is 48.7. The molecule has 0 unspecified atom stereocenters. The van der Waals surface area contributed by atoms with E-state index in [1.54, 1.807) is 6.07 Å². The highest BCUT2D eigenvalue weighted by Crippen LogP contribution is 2.31. The van der Waals surface area contributed by atoms with Crippen LogP contribution in [0.25, 0.3) is 0 Å². The number of nitrogens with zero attached hydrogens (tertiary/aromatic N) is 1. The number of aromatic nitrogens is 1. The predicted octanol–water partition coefficient (Wildman–Crippen LogP) is 4.22. The monoisotopic (exact) mass is 542 g/mol. The maximum Gasteiger partial charge on any atom is 0.404 e. The largest absolute Gasteiger partial charge is 0.465 e. The molecule has 8 nitrogen and oxygen atoms in total. The molecule has 3 atom stereocenters. The number of hydrogen-bond donors (Lipinski definition) is 4. The predicted molar refractivity (Wildman–Crippen MR) is 138 cm³/mol. The Bertz CT molecular complexity index is 1280. The second kappa shape index (κ2) is 13.2. The number of rotatable bonds is 10. The van der Waals surface area contributed by atoms with Gasteiger partial charge in [-0.2, -0.15) is 0 Å². The summed E-state index contributed by atoms with van der Waals surface area (Å²) in [6.45, 7) is 0.995. The van der Waals surface area contributed by atoms with E-state index in [4.69, 9.17) is 9.84 Å². The first-order valence-corrected chi connectivity index (χ1v) is 12.5. The molecule has 1 aromatic heterocycles. The smallest absolute Gasteiger partial charge is 0.404 e. The number of amides is 2. The zero-order valence-corrected chi connectivity index (χ0v) is 21.0. The van der Waals surface area contributed by atoms with E-state index in [9.17, 15) is 22.8 Å². The summed E-state index contributed by atoms with van der Waals surface area (Å²) in [7, 11) is 0. The van der Waals surface area contributed by atoms with Gasteiger partial charge >= 0.3 is 6.09 Å². The number of benzene rings is 2. The third kappa shape index (κ3) is 7.78. The maximum absolute atomic E-state index is 14.8. The third-order valence-corrected chi connectivity index (χ3v) is 6.62. The van der Waals surface area contributed by atoms with Crippen LogP contribution in [0.15, 0.2) is 60.9 Å². The van der Waals surface area contributed by atoms with Gasteiger partial charge < -0.3 is 25.8 Å². The number of carboxylic acid groups (broad SMARTS) is 1. The lowest BCUT2D eigenvalue weighted by Crippen LogP contribution is -2.51. The van der Waals surface area contributed by atoms with Crippen molar-refractivity contribution >= 4 is 17.7 Å². The Morgan fingerprint density at radius 2 is 1.90 bits per heavy atom. The molecule has 0 aliphatic carbocycles. The zero-order valence-electron chi connectivity index (χ0n) is 21.0. The van der Waals surface area contributed by atoms with Crippen LogP contribution in [0.2, 0.25) is 0 Å². The van der Waals surface area contributed by atoms with Gasteiger partial charge in [-0.05, 0) is 54.3 Å². The van der Waals surface area contributed by atoms with Gasteiger partial charge in [0.1, 0.15) is 17.5 Å². The molecule has 1 fully saturated rings. The van der Waals surface area contributed by atoms with Crippen LogP contribution >= 0.6 is 0 Å². The lowest BCUT2D eigenvalue weighted by Gasteiger charge is -2.30. The average Bonchev–Trinajstić information content (AvgIpc) is 2.92. The number of anilines is 1. The van der Waals surface area contributed by atoms with Crippen LogP contribution in [-0.2, 0) is 16.0 Å². The fourth-order valence-corrected chi connectivity index (χ4v) is 4.59. The summed E-state index contributed by atoms with van der Waals surface area (Å²) in [5.74, 6) is -2.69. The Hall–Kier alpha value is -3.96. The molecule has 1 aliphatic rings. The highest BCUT2D eigenvalue weighted by molar-refractivity contribution is 5.92. The van der Waals surface area contributed by atoms with Gasteiger partial charge in [0, 0.05) is 48.9 Å². The van der Waals surface area contributed by atoms with Crippen LogP contribution in [0, 0.1) is 17.5 Å². The lowest BCUT2D eigenvalue weighted by atomic mass is 9.88. The molecule has 0 radical (unpaired) electrons. The summed E-state index contributed by atoms with van der Waals surface area (Å²) in [5, 5.41) is 17.0. The van der Waals surface area contributed by atoms with Crippen molar-refractivity contribution < 1.29 is 32.6 Å². The number of carbonyl (C=O) groups excluding carboxylic acids is 1. The molecule has 0 spiro atoms. The number of halogens is 3. The minimum atomic E-state index is -1.11. The van der Waals surface area contributed by atoms with Crippen molar-refractivity contribution in [3.8, 4) is 0 Å². The second-order valence-corrected chi connectivity index (χ2v) is 9.30. The molecule has 4 N–H and O–H groups in total. The summed E-state index contributed by atoms with van der Waals surface area (Å²) >= 11 is 0. The van der Waals surface area contributed by atoms with Crippen LogP contribution < -0.4 is 16.0 Å². The van der Waals surface area contributed by atoms with Crippen molar-refractivity contribution in [2.45, 2.75) is 37.3 Å². The first-order valence-electron chi connectivity index (χ1n) is 12.5. The van der Waals surface area contributed by atoms with Crippen molar-refractivity contribution in [3.63, 3.8) is 0 Å². The van der Waals surface area contributed by atoms with E-state index in [1.807, 2.05) is 0 Å². The highest BCUT2D eigenvalue weighted by Gasteiger charge is 2.24. The normalized spacial score (nSPS) is 17.8. The SMILES string of the molecule is O=C(O)NC[C@H]1CO[C@H](CCc2c(F)cccc2NC(=O)C[C@@H](c2ccc(F)cc2)c2ccncc2F)CN1. The molecule has 3 aromatic rings. The van der Waals surface area contributed by atoms with Gasteiger partial charge in [-0.1, -0.05) is 18.2 Å². The van der Waals surface area contributed by atoms with Crippen LogP contribution in [0.4, 0.5) is 23.7 Å². The van der Waals surface area contributed by atoms with E-state index in [0.29, 0.717) is 36.4 Å². The van der Waals surface area contributed by atoms with Gasteiger partial charge in [-0.15, -0.1) is 0 Å². The molecule has 0 saturated carbocycles. The second-order valence-electron chi connectivity index (χ2n) is 9.30. The Balaban J connectivity index is 1.42. The van der Waals surface area contributed by atoms with E-state index in [1.165, 1.54) is 48.7 Å². The van der Waals surface area contributed by atoms with Gasteiger partial charge in [0.2, 0.25) is 5.91 Å². The summed E-state index contributed by atoms with van der Waals surface area (Å²) in [6.07, 6.45) is 1.74.